The van der Waals surface area contributed by atoms with E-state index in [4.69, 9.17) is 14.2 Å². The summed E-state index contributed by atoms with van der Waals surface area (Å²) in [6.45, 7) is 6.15. The molecule has 0 aromatic rings. The van der Waals surface area contributed by atoms with Crippen LogP contribution in [0.15, 0.2) is 207 Å². The van der Waals surface area contributed by atoms with Gasteiger partial charge in [0.1, 0.15) is 13.2 Å². The summed E-state index contributed by atoms with van der Waals surface area (Å²) in [5.41, 5.74) is 0. The van der Waals surface area contributed by atoms with Crippen LogP contribution in [0.3, 0.4) is 0 Å². The molecular formula is C75H112O6. The second kappa shape index (κ2) is 66.5. The van der Waals surface area contributed by atoms with Gasteiger partial charge in [-0.2, -0.15) is 0 Å². The van der Waals surface area contributed by atoms with E-state index >= 15 is 0 Å². The molecule has 0 amide bonds. The topological polar surface area (TPSA) is 78.9 Å². The first-order chi connectivity index (χ1) is 40.0. The molecule has 0 saturated heterocycles. The fourth-order valence-electron chi connectivity index (χ4n) is 7.70. The molecule has 1 atom stereocenters. The lowest BCUT2D eigenvalue weighted by atomic mass is 10.1. The first kappa shape index (κ1) is 75.0. The zero-order valence-electron chi connectivity index (χ0n) is 51.2. The SMILES string of the molecule is CC/C=C\C/C=C\C/C=C\C/C=C\C/C=C\C/C=C\C/C=C\C/C=C\C/C=C\CCCCCC(=O)OCC(COC(=O)C/C=C\C/C=C\C/C=C\C/C=C\C/C=C\CC)OC(=O)CCCCCCCCC/C=C\C/C=C\C/C=C\CC. The third-order valence-corrected chi connectivity index (χ3v) is 12.3. The highest BCUT2D eigenvalue weighted by Gasteiger charge is 2.19. The van der Waals surface area contributed by atoms with Gasteiger partial charge in [-0.15, -0.1) is 0 Å². The van der Waals surface area contributed by atoms with Crippen molar-refractivity contribution in [3.8, 4) is 0 Å². The van der Waals surface area contributed by atoms with Crippen LogP contribution in [0.4, 0.5) is 0 Å². The molecule has 448 valence electrons. The minimum Gasteiger partial charge on any atom is -0.462 e. The molecule has 1 unspecified atom stereocenters. The summed E-state index contributed by atoms with van der Waals surface area (Å²) in [5.74, 6) is -1.13. The highest BCUT2D eigenvalue weighted by atomic mass is 16.6. The Hall–Kier alpha value is -6.01. The van der Waals surface area contributed by atoms with Crippen LogP contribution in [0.2, 0.25) is 0 Å². The summed E-state index contributed by atoms with van der Waals surface area (Å²) in [6.07, 6.45) is 103. The average molecular weight is 1110 g/mol. The van der Waals surface area contributed by atoms with Gasteiger partial charge in [0.15, 0.2) is 6.10 Å². The van der Waals surface area contributed by atoms with E-state index in [1.54, 1.807) is 6.08 Å². The van der Waals surface area contributed by atoms with Gasteiger partial charge < -0.3 is 14.2 Å². The van der Waals surface area contributed by atoms with Crippen molar-refractivity contribution >= 4 is 17.9 Å². The molecule has 0 aromatic heterocycles. The number of allylic oxidation sites excluding steroid dienone is 33. The molecular weight excluding hydrogens is 997 g/mol. The minimum atomic E-state index is -0.852. The lowest BCUT2D eigenvalue weighted by Crippen LogP contribution is -2.30. The van der Waals surface area contributed by atoms with Crippen molar-refractivity contribution in [3.63, 3.8) is 0 Å². The summed E-state index contributed by atoms with van der Waals surface area (Å²) >= 11 is 0. The first-order valence-electron chi connectivity index (χ1n) is 31.6. The van der Waals surface area contributed by atoms with Gasteiger partial charge in [0.25, 0.3) is 0 Å². The second-order valence-corrected chi connectivity index (χ2v) is 19.8. The Kier molecular flexibility index (Phi) is 61.6. The molecule has 0 aliphatic rings. The molecule has 0 heterocycles. The van der Waals surface area contributed by atoms with Gasteiger partial charge in [0.05, 0.1) is 6.42 Å². The van der Waals surface area contributed by atoms with Gasteiger partial charge in [-0.25, -0.2) is 0 Å². The predicted octanol–water partition coefficient (Wildman–Crippen LogP) is 22.0. The van der Waals surface area contributed by atoms with Crippen LogP contribution in [0.5, 0.6) is 0 Å². The van der Waals surface area contributed by atoms with Gasteiger partial charge in [-0.3, -0.25) is 14.4 Å². The molecule has 0 bridgehead atoms. The zero-order chi connectivity index (χ0) is 58.5. The van der Waals surface area contributed by atoms with Crippen LogP contribution in [0.25, 0.3) is 0 Å². The minimum absolute atomic E-state index is 0.107. The highest BCUT2D eigenvalue weighted by Crippen LogP contribution is 2.13. The van der Waals surface area contributed by atoms with Gasteiger partial charge in [0.2, 0.25) is 0 Å². The maximum atomic E-state index is 12.9. The molecule has 0 radical (unpaired) electrons. The van der Waals surface area contributed by atoms with Crippen LogP contribution in [0, 0.1) is 0 Å². The maximum absolute atomic E-state index is 12.9. The smallest absolute Gasteiger partial charge is 0.309 e. The maximum Gasteiger partial charge on any atom is 0.309 e. The average Bonchev–Trinajstić information content (AvgIpc) is 3.47. The predicted molar refractivity (Wildman–Crippen MR) is 352 cm³/mol. The molecule has 0 saturated carbocycles. The summed E-state index contributed by atoms with van der Waals surface area (Å²) in [7, 11) is 0. The van der Waals surface area contributed by atoms with Crippen molar-refractivity contribution in [3.05, 3.63) is 207 Å². The van der Waals surface area contributed by atoms with Crippen LogP contribution < -0.4 is 0 Å². The van der Waals surface area contributed by atoms with Crippen molar-refractivity contribution in [2.45, 2.75) is 232 Å². The quantitative estimate of drug-likeness (QED) is 0.0261. The molecule has 81 heavy (non-hydrogen) atoms. The van der Waals surface area contributed by atoms with E-state index < -0.39 is 12.1 Å². The van der Waals surface area contributed by atoms with Gasteiger partial charge in [-0.1, -0.05) is 266 Å². The Balaban J connectivity index is 4.52. The molecule has 0 aromatic carbocycles. The molecule has 0 rings (SSSR count). The molecule has 0 aliphatic carbocycles. The normalized spacial score (nSPS) is 13.6. The fourth-order valence-corrected chi connectivity index (χ4v) is 7.70. The Morgan fingerprint density at radius 1 is 0.259 bits per heavy atom. The molecule has 0 spiro atoms. The molecule has 6 heteroatoms. The molecule has 0 N–H and O–H groups in total. The van der Waals surface area contributed by atoms with Crippen LogP contribution in [-0.4, -0.2) is 37.2 Å². The number of unbranched alkanes of at least 4 members (excludes halogenated alkanes) is 10. The molecule has 0 aliphatic heterocycles. The van der Waals surface area contributed by atoms with Crippen molar-refractivity contribution in [1.29, 1.82) is 0 Å². The standard InChI is InChI=1S/C75H112O6/c1-4-7-10-13-16-19-22-25-28-30-31-32-33-34-35-36-37-38-39-40-41-42-43-45-47-50-53-56-59-62-65-68-74(77)80-71-72(70-79-73(76)67-64-61-58-55-52-49-46-27-24-21-18-15-12-9-6-3)81-75(78)69-66-63-60-57-54-51-48-44-29-26-23-20-17-14-11-8-5-2/h7-12,16-21,25-29,31-32,34-35,37-38,40-41,43,45-46,50,52-53,55,61,64,72H,4-6,13-15,22-24,30,33,36,39,42,44,47-49,51,54,56-60,62-63,65-71H2,1-3H3/b10-7-,11-8-,12-9-,19-16-,20-17-,21-18-,28-25-,29-26-,32-31-,35-34-,38-37-,41-40-,45-43-,46-27-,53-50-,55-52-,64-61-. The number of rotatable bonds is 54. The second-order valence-electron chi connectivity index (χ2n) is 19.8. The zero-order valence-corrected chi connectivity index (χ0v) is 51.2. The number of carbonyl (C=O) groups is 3. The molecule has 0 fully saturated rings. The van der Waals surface area contributed by atoms with Crippen LogP contribution in [0.1, 0.15) is 226 Å². The Bertz CT molecular complexity index is 2000. The monoisotopic (exact) mass is 1110 g/mol. The molecule has 6 nitrogen and oxygen atoms in total. The summed E-state index contributed by atoms with van der Waals surface area (Å²) in [5, 5.41) is 0. The Labute approximate surface area is 496 Å². The van der Waals surface area contributed by atoms with E-state index in [1.807, 2.05) is 6.08 Å². The van der Waals surface area contributed by atoms with E-state index in [-0.39, 0.29) is 44.4 Å². The third-order valence-electron chi connectivity index (χ3n) is 12.3. The largest absolute Gasteiger partial charge is 0.462 e. The van der Waals surface area contributed by atoms with E-state index in [0.29, 0.717) is 0 Å². The Morgan fingerprint density at radius 2 is 0.494 bits per heavy atom. The number of hydrogen-bond acceptors (Lipinski definition) is 6. The number of ether oxygens (including phenoxy) is 3. The van der Waals surface area contributed by atoms with Gasteiger partial charge in [-0.05, 0) is 148 Å². The number of hydrogen-bond donors (Lipinski definition) is 0. The van der Waals surface area contributed by atoms with E-state index in [9.17, 15) is 14.4 Å². The van der Waals surface area contributed by atoms with Crippen molar-refractivity contribution < 1.29 is 28.6 Å². The first-order valence-corrected chi connectivity index (χ1v) is 31.6. The van der Waals surface area contributed by atoms with Crippen molar-refractivity contribution in [2.75, 3.05) is 13.2 Å². The summed E-state index contributed by atoms with van der Waals surface area (Å²) in [6, 6.07) is 0. The Morgan fingerprint density at radius 3 is 0.815 bits per heavy atom. The highest BCUT2D eigenvalue weighted by molar-refractivity contribution is 5.72. The van der Waals surface area contributed by atoms with Gasteiger partial charge >= 0.3 is 17.9 Å². The van der Waals surface area contributed by atoms with Crippen molar-refractivity contribution in [2.24, 2.45) is 0 Å². The summed E-state index contributed by atoms with van der Waals surface area (Å²) in [4.78, 5) is 38.2. The number of esters is 3. The van der Waals surface area contributed by atoms with E-state index in [1.165, 1.54) is 19.3 Å². The fraction of sp³-hybridized carbons (Fsp3) is 0.507. The van der Waals surface area contributed by atoms with Crippen molar-refractivity contribution in [1.82, 2.24) is 0 Å². The van der Waals surface area contributed by atoms with E-state index in [0.717, 1.165) is 167 Å². The lowest BCUT2D eigenvalue weighted by Gasteiger charge is -2.18. The van der Waals surface area contributed by atoms with Gasteiger partial charge in [0, 0.05) is 12.8 Å². The number of carbonyl (C=O) groups excluding carboxylic acids is 3. The van der Waals surface area contributed by atoms with Crippen LogP contribution >= 0.6 is 0 Å². The lowest BCUT2D eigenvalue weighted by molar-refractivity contribution is -0.166. The van der Waals surface area contributed by atoms with E-state index in [2.05, 4.69) is 215 Å². The summed E-state index contributed by atoms with van der Waals surface area (Å²) < 4.78 is 16.8. The third kappa shape index (κ3) is 64.7. The van der Waals surface area contributed by atoms with Crippen LogP contribution in [-0.2, 0) is 28.6 Å².